The molecule has 146 valence electrons. The van der Waals surface area contributed by atoms with Gasteiger partial charge in [-0.25, -0.2) is 0 Å². The van der Waals surface area contributed by atoms with Gasteiger partial charge in [-0.05, 0) is 23.8 Å². The minimum atomic E-state index is -0.283. The van der Waals surface area contributed by atoms with Gasteiger partial charge < -0.3 is 15.0 Å². The summed E-state index contributed by atoms with van der Waals surface area (Å²) in [6.45, 7) is 2.80. The van der Waals surface area contributed by atoms with Crippen LogP contribution in [0.2, 0.25) is 0 Å². The molecule has 0 atom stereocenters. The number of hydrogen-bond donors (Lipinski definition) is 1. The molecule has 28 heavy (non-hydrogen) atoms. The predicted octanol–water partition coefficient (Wildman–Crippen LogP) is 3.17. The first-order chi connectivity index (χ1) is 13.5. The van der Waals surface area contributed by atoms with Crippen LogP contribution in [0.4, 0.5) is 5.82 Å². The average molecular weight is 380 g/mol. The number of aromatic nitrogens is 2. The number of hydrogen-bond acceptors (Lipinski definition) is 4. The second-order valence-corrected chi connectivity index (χ2v) is 6.55. The van der Waals surface area contributed by atoms with Crippen molar-refractivity contribution < 1.29 is 14.3 Å². The molecule has 3 rings (SSSR count). The van der Waals surface area contributed by atoms with Crippen molar-refractivity contribution in [3.8, 4) is 5.75 Å². The minimum Gasteiger partial charge on any atom is -0.493 e. The molecule has 0 bridgehead atoms. The lowest BCUT2D eigenvalue weighted by atomic mass is 10.0. The van der Waals surface area contributed by atoms with Crippen LogP contribution in [-0.4, -0.2) is 47.2 Å². The van der Waals surface area contributed by atoms with Crippen molar-refractivity contribution in [2.45, 2.75) is 19.9 Å². The van der Waals surface area contributed by atoms with Crippen LogP contribution in [-0.2, 0) is 11.3 Å². The van der Waals surface area contributed by atoms with E-state index in [9.17, 15) is 9.59 Å². The molecule has 1 heterocycles. The molecule has 7 nitrogen and oxygen atoms in total. The van der Waals surface area contributed by atoms with E-state index in [0.717, 1.165) is 10.8 Å². The molecule has 1 N–H and O–H groups in total. The van der Waals surface area contributed by atoms with Crippen molar-refractivity contribution in [1.29, 1.82) is 0 Å². The molecule has 0 aliphatic carbocycles. The fourth-order valence-corrected chi connectivity index (χ4v) is 2.93. The quantitative estimate of drug-likeness (QED) is 0.683. The van der Waals surface area contributed by atoms with E-state index in [0.29, 0.717) is 36.7 Å². The number of carbonyl (C=O) groups excluding carboxylic acids is 2. The summed E-state index contributed by atoms with van der Waals surface area (Å²) in [6.07, 6.45) is 2.09. The lowest BCUT2D eigenvalue weighted by Crippen LogP contribution is -2.23. The van der Waals surface area contributed by atoms with Crippen molar-refractivity contribution >= 4 is 28.4 Å². The molecule has 7 heteroatoms. The highest BCUT2D eigenvalue weighted by molar-refractivity contribution is 6.14. The Morgan fingerprint density at radius 3 is 2.68 bits per heavy atom. The number of nitrogens with zero attached hydrogens (tertiary/aromatic N) is 3. The Labute approximate surface area is 163 Å². The molecule has 0 radical (unpaired) electrons. The molecule has 1 aromatic heterocycles. The summed E-state index contributed by atoms with van der Waals surface area (Å²) in [6, 6.07) is 13.1. The first-order valence-electron chi connectivity index (χ1n) is 9.19. The third kappa shape index (κ3) is 4.31. The van der Waals surface area contributed by atoms with E-state index >= 15 is 0 Å². The van der Waals surface area contributed by atoms with E-state index in [1.165, 1.54) is 0 Å². The Morgan fingerprint density at radius 2 is 1.93 bits per heavy atom. The summed E-state index contributed by atoms with van der Waals surface area (Å²) in [7, 11) is 3.44. The van der Waals surface area contributed by atoms with Gasteiger partial charge in [0.2, 0.25) is 5.91 Å². The van der Waals surface area contributed by atoms with Gasteiger partial charge in [-0.2, -0.15) is 5.10 Å². The van der Waals surface area contributed by atoms with Crippen molar-refractivity contribution in [2.24, 2.45) is 0 Å². The van der Waals surface area contributed by atoms with Crippen molar-refractivity contribution in [3.05, 3.63) is 54.2 Å². The number of benzene rings is 2. The highest BCUT2D eigenvalue weighted by atomic mass is 16.5. The van der Waals surface area contributed by atoms with E-state index < -0.39 is 0 Å². The van der Waals surface area contributed by atoms with Crippen LogP contribution >= 0.6 is 0 Å². The van der Waals surface area contributed by atoms with Crippen LogP contribution in [0.15, 0.2) is 48.7 Å². The molecule has 3 aromatic rings. The first-order valence-corrected chi connectivity index (χ1v) is 9.19. The Balaban J connectivity index is 1.80. The SMILES string of the molecule is CCOc1ccc2ccccc2c1C(=O)Nc1ccn(CCC(=O)N(C)C)n1. The van der Waals surface area contributed by atoms with Crippen LogP contribution in [0.25, 0.3) is 10.8 Å². The predicted molar refractivity (Wildman–Crippen MR) is 109 cm³/mol. The fourth-order valence-electron chi connectivity index (χ4n) is 2.93. The van der Waals surface area contributed by atoms with Crippen LogP contribution in [0.5, 0.6) is 5.75 Å². The number of rotatable bonds is 7. The van der Waals surface area contributed by atoms with Crippen molar-refractivity contribution in [3.63, 3.8) is 0 Å². The van der Waals surface area contributed by atoms with Crippen LogP contribution in [0, 0.1) is 0 Å². The molecule has 0 fully saturated rings. The van der Waals surface area contributed by atoms with Gasteiger partial charge in [0, 0.05) is 39.3 Å². The Hall–Kier alpha value is -3.35. The van der Waals surface area contributed by atoms with E-state index in [-0.39, 0.29) is 11.8 Å². The number of ether oxygens (including phenoxy) is 1. The Bertz CT molecular complexity index is 994. The van der Waals surface area contributed by atoms with E-state index in [1.807, 2.05) is 43.3 Å². The first kappa shape index (κ1) is 19.4. The van der Waals surface area contributed by atoms with E-state index in [2.05, 4.69) is 10.4 Å². The Kier molecular flexibility index (Phi) is 5.93. The van der Waals surface area contributed by atoms with E-state index in [1.54, 1.807) is 35.9 Å². The molecule has 2 amide bonds. The number of amides is 2. The van der Waals surface area contributed by atoms with Gasteiger partial charge >= 0.3 is 0 Å². The second kappa shape index (κ2) is 8.56. The van der Waals surface area contributed by atoms with Crippen LogP contribution in [0.1, 0.15) is 23.7 Å². The highest BCUT2D eigenvalue weighted by Gasteiger charge is 2.18. The molecule has 0 spiro atoms. The molecule has 0 saturated carbocycles. The smallest absolute Gasteiger partial charge is 0.261 e. The standard InChI is InChI=1S/C21H24N4O3/c1-4-28-17-10-9-15-7-5-6-8-16(15)20(17)21(27)22-18-11-13-25(23-18)14-12-19(26)24(2)3/h5-11,13H,4,12,14H2,1-3H3,(H,22,23,27). The molecular weight excluding hydrogens is 356 g/mol. The molecule has 0 aliphatic heterocycles. The van der Waals surface area contributed by atoms with Gasteiger partial charge in [0.05, 0.1) is 12.2 Å². The second-order valence-electron chi connectivity index (χ2n) is 6.55. The van der Waals surface area contributed by atoms with Crippen molar-refractivity contribution in [1.82, 2.24) is 14.7 Å². The van der Waals surface area contributed by atoms with Gasteiger partial charge in [0.15, 0.2) is 5.82 Å². The van der Waals surface area contributed by atoms with Crippen LogP contribution in [0.3, 0.4) is 0 Å². The lowest BCUT2D eigenvalue weighted by molar-refractivity contribution is -0.128. The maximum absolute atomic E-state index is 13.0. The van der Waals surface area contributed by atoms with Gasteiger partial charge in [0.1, 0.15) is 5.75 Å². The van der Waals surface area contributed by atoms with Gasteiger partial charge in [-0.3, -0.25) is 14.3 Å². The zero-order chi connectivity index (χ0) is 20.1. The molecule has 0 saturated heterocycles. The van der Waals surface area contributed by atoms with E-state index in [4.69, 9.17) is 4.74 Å². The average Bonchev–Trinajstić information content (AvgIpc) is 3.13. The molecule has 0 unspecified atom stereocenters. The molecule has 0 aliphatic rings. The normalized spacial score (nSPS) is 10.7. The largest absolute Gasteiger partial charge is 0.493 e. The number of fused-ring (bicyclic) bond motifs is 1. The summed E-state index contributed by atoms with van der Waals surface area (Å²) < 4.78 is 7.31. The number of aryl methyl sites for hydroxylation is 1. The van der Waals surface area contributed by atoms with Gasteiger partial charge in [-0.1, -0.05) is 30.3 Å². The molecule has 2 aromatic carbocycles. The fraction of sp³-hybridized carbons (Fsp3) is 0.286. The topological polar surface area (TPSA) is 76.5 Å². The number of anilines is 1. The number of nitrogens with one attached hydrogen (secondary N) is 1. The zero-order valence-electron chi connectivity index (χ0n) is 16.3. The van der Waals surface area contributed by atoms with Crippen molar-refractivity contribution in [2.75, 3.05) is 26.0 Å². The number of carbonyl (C=O) groups is 2. The zero-order valence-corrected chi connectivity index (χ0v) is 16.3. The summed E-state index contributed by atoms with van der Waals surface area (Å²) >= 11 is 0. The van der Waals surface area contributed by atoms with Gasteiger partial charge in [0.25, 0.3) is 5.91 Å². The summed E-state index contributed by atoms with van der Waals surface area (Å²) in [5, 5.41) is 8.95. The monoisotopic (exact) mass is 380 g/mol. The highest BCUT2D eigenvalue weighted by Crippen LogP contribution is 2.29. The van der Waals surface area contributed by atoms with Crippen LogP contribution < -0.4 is 10.1 Å². The minimum absolute atomic E-state index is 0.0261. The molecular formula is C21H24N4O3. The lowest BCUT2D eigenvalue weighted by Gasteiger charge is -2.13. The summed E-state index contributed by atoms with van der Waals surface area (Å²) in [5.41, 5.74) is 0.484. The maximum Gasteiger partial charge on any atom is 0.261 e. The summed E-state index contributed by atoms with van der Waals surface area (Å²) in [5.74, 6) is 0.709. The third-order valence-corrected chi connectivity index (χ3v) is 4.35. The van der Waals surface area contributed by atoms with Gasteiger partial charge in [-0.15, -0.1) is 0 Å². The third-order valence-electron chi connectivity index (χ3n) is 4.35. The Morgan fingerprint density at radius 1 is 1.14 bits per heavy atom. The maximum atomic E-state index is 13.0. The summed E-state index contributed by atoms with van der Waals surface area (Å²) in [4.78, 5) is 26.2.